The Balaban J connectivity index is 1.90. The predicted octanol–water partition coefficient (Wildman–Crippen LogP) is 4.18. The number of nitrogens with zero attached hydrogens (tertiary/aromatic N) is 1. The molecular formula is C25H29NO3. The van der Waals surface area contributed by atoms with E-state index in [0.717, 1.165) is 35.1 Å². The predicted molar refractivity (Wildman–Crippen MR) is 115 cm³/mol. The number of hydrogen-bond acceptors (Lipinski definition) is 4. The number of phenolic OH excluding ortho intramolecular Hbond substituents is 1. The fourth-order valence-corrected chi connectivity index (χ4v) is 4.00. The molecule has 0 amide bonds. The molecule has 3 rings (SSSR count). The summed E-state index contributed by atoms with van der Waals surface area (Å²) in [7, 11) is 5.51. The van der Waals surface area contributed by atoms with Crippen LogP contribution in [0.3, 0.4) is 0 Å². The van der Waals surface area contributed by atoms with Gasteiger partial charge in [-0.25, -0.2) is 0 Å². The molecule has 0 aromatic heterocycles. The Morgan fingerprint density at radius 1 is 1.17 bits per heavy atom. The summed E-state index contributed by atoms with van der Waals surface area (Å²) in [5, 5.41) is 10.8. The van der Waals surface area contributed by atoms with Crippen LogP contribution < -0.4 is 0 Å². The van der Waals surface area contributed by atoms with Crippen LogP contribution in [0.25, 0.3) is 0 Å². The number of phenols is 1. The molecule has 152 valence electrons. The molecule has 4 heteroatoms. The first-order valence-electron chi connectivity index (χ1n) is 9.93. The van der Waals surface area contributed by atoms with E-state index in [0.29, 0.717) is 5.75 Å². The van der Waals surface area contributed by atoms with Crippen LogP contribution in [0.4, 0.5) is 0 Å². The zero-order valence-electron chi connectivity index (χ0n) is 17.9. The zero-order chi connectivity index (χ0) is 21.2. The molecule has 2 aromatic carbocycles. The Bertz CT molecular complexity index is 962. The molecule has 1 atom stereocenters. The van der Waals surface area contributed by atoms with Crippen molar-refractivity contribution < 1.29 is 14.6 Å². The minimum Gasteiger partial charge on any atom is -0.508 e. The van der Waals surface area contributed by atoms with Crippen LogP contribution in [0.1, 0.15) is 60.5 Å². The monoisotopic (exact) mass is 391 g/mol. The minimum atomic E-state index is -0.257. The molecule has 0 radical (unpaired) electrons. The highest BCUT2D eigenvalue weighted by molar-refractivity contribution is 5.72. The SMILES string of the molecule is COC(=O)Cc1ccc(C#Cc2cc(O)c3c(c2)C(C)(C)CCC3N(C)C)cc1. The van der Waals surface area contributed by atoms with Crippen LogP contribution >= 0.6 is 0 Å². The third kappa shape index (κ3) is 4.63. The number of hydrogen-bond donors (Lipinski definition) is 1. The molecule has 0 saturated heterocycles. The van der Waals surface area contributed by atoms with Gasteiger partial charge in [-0.05, 0) is 67.7 Å². The van der Waals surface area contributed by atoms with E-state index in [1.165, 1.54) is 12.7 Å². The molecule has 1 unspecified atom stereocenters. The van der Waals surface area contributed by atoms with Gasteiger partial charge in [0.1, 0.15) is 5.75 Å². The van der Waals surface area contributed by atoms with E-state index in [-0.39, 0.29) is 23.8 Å². The molecule has 0 aliphatic heterocycles. The maximum atomic E-state index is 11.4. The molecule has 1 N–H and O–H groups in total. The number of esters is 1. The van der Waals surface area contributed by atoms with Gasteiger partial charge in [-0.15, -0.1) is 0 Å². The summed E-state index contributed by atoms with van der Waals surface area (Å²) in [5.74, 6) is 6.42. The lowest BCUT2D eigenvalue weighted by molar-refractivity contribution is -0.139. The molecule has 1 aliphatic rings. The maximum Gasteiger partial charge on any atom is 0.309 e. The number of methoxy groups -OCH3 is 1. The van der Waals surface area contributed by atoms with Gasteiger partial charge in [0.25, 0.3) is 0 Å². The molecular weight excluding hydrogens is 362 g/mol. The van der Waals surface area contributed by atoms with Gasteiger partial charge in [0.15, 0.2) is 0 Å². The average Bonchev–Trinajstić information content (AvgIpc) is 2.67. The van der Waals surface area contributed by atoms with Gasteiger partial charge in [-0.1, -0.05) is 37.8 Å². The van der Waals surface area contributed by atoms with Crippen molar-refractivity contribution in [3.05, 3.63) is 64.2 Å². The quantitative estimate of drug-likeness (QED) is 0.630. The van der Waals surface area contributed by atoms with Crippen molar-refractivity contribution in [2.75, 3.05) is 21.2 Å². The van der Waals surface area contributed by atoms with Gasteiger partial charge in [0.05, 0.1) is 13.5 Å². The van der Waals surface area contributed by atoms with Crippen molar-refractivity contribution >= 4 is 5.97 Å². The average molecular weight is 392 g/mol. The Morgan fingerprint density at radius 3 is 2.45 bits per heavy atom. The highest BCUT2D eigenvalue weighted by atomic mass is 16.5. The van der Waals surface area contributed by atoms with Crippen molar-refractivity contribution in [2.45, 2.75) is 44.6 Å². The van der Waals surface area contributed by atoms with Crippen LogP contribution in [0, 0.1) is 11.8 Å². The summed E-state index contributed by atoms with van der Waals surface area (Å²) in [6, 6.07) is 11.7. The van der Waals surface area contributed by atoms with E-state index in [4.69, 9.17) is 4.74 Å². The number of carbonyl (C=O) groups is 1. The Kier molecular flexibility index (Phi) is 6.00. The second-order valence-electron chi connectivity index (χ2n) is 8.56. The molecule has 29 heavy (non-hydrogen) atoms. The van der Waals surface area contributed by atoms with Gasteiger partial charge >= 0.3 is 5.97 Å². The van der Waals surface area contributed by atoms with Crippen molar-refractivity contribution in [1.82, 2.24) is 4.90 Å². The topological polar surface area (TPSA) is 49.8 Å². The van der Waals surface area contributed by atoms with Crippen molar-refractivity contribution in [2.24, 2.45) is 0 Å². The molecule has 0 fully saturated rings. The molecule has 0 saturated carbocycles. The lowest BCUT2D eigenvalue weighted by atomic mass is 9.70. The second kappa shape index (κ2) is 8.31. The summed E-state index contributed by atoms with van der Waals surface area (Å²) in [5.41, 5.74) is 4.79. The minimum absolute atomic E-state index is 0.00650. The molecule has 1 aliphatic carbocycles. The third-order valence-corrected chi connectivity index (χ3v) is 5.77. The summed E-state index contributed by atoms with van der Waals surface area (Å²) in [4.78, 5) is 13.5. The largest absolute Gasteiger partial charge is 0.508 e. The third-order valence-electron chi connectivity index (χ3n) is 5.77. The first kappa shape index (κ1) is 21.0. The number of aromatic hydroxyl groups is 1. The van der Waals surface area contributed by atoms with E-state index >= 15 is 0 Å². The molecule has 0 heterocycles. The van der Waals surface area contributed by atoms with Gasteiger partial charge in [0, 0.05) is 22.7 Å². The fourth-order valence-electron chi connectivity index (χ4n) is 4.00. The summed E-state index contributed by atoms with van der Waals surface area (Å²) in [6.07, 6.45) is 2.36. The number of rotatable bonds is 3. The molecule has 2 aromatic rings. The lowest BCUT2D eigenvalue weighted by Crippen LogP contribution is -2.32. The number of benzene rings is 2. The van der Waals surface area contributed by atoms with Crippen LogP contribution in [-0.4, -0.2) is 37.2 Å². The van der Waals surface area contributed by atoms with Crippen LogP contribution in [0.2, 0.25) is 0 Å². The molecule has 0 spiro atoms. The Morgan fingerprint density at radius 2 is 1.83 bits per heavy atom. The number of carbonyl (C=O) groups excluding carboxylic acids is 1. The molecule has 0 bridgehead atoms. The van der Waals surface area contributed by atoms with Crippen molar-refractivity contribution in [3.63, 3.8) is 0 Å². The standard InChI is InChI=1S/C25H29NO3/c1-25(2)13-12-21(26(3)4)24-20(25)14-19(15-22(24)27)11-8-17-6-9-18(10-7-17)16-23(28)29-5/h6-7,9-10,14-15,21,27H,12-13,16H2,1-5H3. The second-order valence-corrected chi connectivity index (χ2v) is 8.56. The van der Waals surface area contributed by atoms with Crippen LogP contribution in [0.5, 0.6) is 5.75 Å². The first-order valence-corrected chi connectivity index (χ1v) is 9.93. The highest BCUT2D eigenvalue weighted by Gasteiger charge is 2.35. The van der Waals surface area contributed by atoms with Gasteiger partial charge in [0.2, 0.25) is 0 Å². The zero-order valence-corrected chi connectivity index (χ0v) is 17.9. The van der Waals surface area contributed by atoms with E-state index in [1.54, 1.807) is 6.07 Å². The van der Waals surface area contributed by atoms with E-state index in [1.807, 2.05) is 24.3 Å². The summed E-state index contributed by atoms with van der Waals surface area (Å²) < 4.78 is 4.69. The van der Waals surface area contributed by atoms with Gasteiger partial charge in [-0.2, -0.15) is 0 Å². The van der Waals surface area contributed by atoms with Crippen molar-refractivity contribution in [3.8, 4) is 17.6 Å². The normalized spacial score (nSPS) is 17.2. The number of ether oxygens (including phenoxy) is 1. The van der Waals surface area contributed by atoms with Crippen LogP contribution in [-0.2, 0) is 21.4 Å². The van der Waals surface area contributed by atoms with Crippen LogP contribution in [0.15, 0.2) is 36.4 Å². The smallest absolute Gasteiger partial charge is 0.309 e. The fraction of sp³-hybridized carbons (Fsp3) is 0.400. The summed E-state index contributed by atoms with van der Waals surface area (Å²) >= 11 is 0. The number of fused-ring (bicyclic) bond motifs is 1. The lowest BCUT2D eigenvalue weighted by Gasteiger charge is -2.40. The summed E-state index contributed by atoms with van der Waals surface area (Å²) in [6.45, 7) is 4.46. The molecule has 4 nitrogen and oxygen atoms in total. The first-order chi connectivity index (χ1) is 13.7. The van der Waals surface area contributed by atoms with E-state index in [9.17, 15) is 9.90 Å². The highest BCUT2D eigenvalue weighted by Crippen LogP contribution is 2.47. The van der Waals surface area contributed by atoms with Crippen molar-refractivity contribution in [1.29, 1.82) is 0 Å². The van der Waals surface area contributed by atoms with E-state index < -0.39 is 0 Å². The van der Waals surface area contributed by atoms with Gasteiger partial charge < -0.3 is 14.7 Å². The Hall–Kier alpha value is -2.77. The van der Waals surface area contributed by atoms with E-state index in [2.05, 4.69) is 50.7 Å². The van der Waals surface area contributed by atoms with Gasteiger partial charge in [-0.3, -0.25) is 4.79 Å². The Labute approximate surface area is 173 Å². The maximum absolute atomic E-state index is 11.4.